The fourth-order valence-corrected chi connectivity index (χ4v) is 1.87. The van der Waals surface area contributed by atoms with Gasteiger partial charge in [-0.15, -0.1) is 0 Å². The molecule has 22 heavy (non-hydrogen) atoms. The third-order valence-corrected chi connectivity index (χ3v) is 3.05. The van der Waals surface area contributed by atoms with Crippen molar-refractivity contribution in [2.75, 3.05) is 24.9 Å². The average Bonchev–Trinajstić information content (AvgIpc) is 2.92. The lowest BCUT2D eigenvalue weighted by atomic mass is 10.2. The Morgan fingerprint density at radius 3 is 2.64 bits per heavy atom. The highest BCUT2D eigenvalue weighted by Gasteiger charge is 2.16. The Morgan fingerprint density at radius 2 is 2.05 bits per heavy atom. The van der Waals surface area contributed by atoms with Crippen molar-refractivity contribution in [1.29, 1.82) is 0 Å². The summed E-state index contributed by atoms with van der Waals surface area (Å²) in [7, 11) is 3.14. The van der Waals surface area contributed by atoms with Gasteiger partial charge in [-0.2, -0.15) is 0 Å². The zero-order chi connectivity index (χ0) is 16.1. The molecule has 0 aliphatic heterocycles. The van der Waals surface area contributed by atoms with Gasteiger partial charge in [-0.05, 0) is 26.0 Å². The lowest BCUT2D eigenvalue weighted by Gasteiger charge is -2.17. The Labute approximate surface area is 128 Å². The summed E-state index contributed by atoms with van der Waals surface area (Å²) in [6, 6.07) is 6.48. The van der Waals surface area contributed by atoms with Crippen molar-refractivity contribution in [3.05, 3.63) is 30.0 Å². The molecule has 1 amide bonds. The van der Waals surface area contributed by atoms with Crippen LogP contribution >= 0.6 is 0 Å². The Morgan fingerprint density at radius 1 is 1.27 bits per heavy atom. The standard InChI is InChI=1S/C15H19N3O4/c1-9-7-14(22-18-9)17-15(19)10(2)16-12-6-5-11(20-3)8-13(12)21-4/h5-8,10,16H,1-4H3,(H,17,19)/t10-/m1/s1. The largest absolute Gasteiger partial charge is 0.497 e. The molecule has 7 heteroatoms. The van der Waals surface area contributed by atoms with E-state index in [1.54, 1.807) is 52.3 Å². The first-order valence-corrected chi connectivity index (χ1v) is 6.76. The number of aromatic nitrogens is 1. The lowest BCUT2D eigenvalue weighted by Crippen LogP contribution is -2.31. The van der Waals surface area contributed by atoms with Crippen molar-refractivity contribution in [1.82, 2.24) is 5.16 Å². The molecule has 1 atom stereocenters. The lowest BCUT2D eigenvalue weighted by molar-refractivity contribution is -0.116. The third kappa shape index (κ3) is 3.69. The van der Waals surface area contributed by atoms with Crippen LogP contribution in [0.4, 0.5) is 11.6 Å². The Hall–Kier alpha value is -2.70. The van der Waals surface area contributed by atoms with E-state index in [0.29, 0.717) is 28.8 Å². The van der Waals surface area contributed by atoms with Crippen molar-refractivity contribution >= 4 is 17.5 Å². The number of nitrogens with one attached hydrogen (secondary N) is 2. The van der Waals surface area contributed by atoms with Gasteiger partial charge in [0.15, 0.2) is 0 Å². The summed E-state index contributed by atoms with van der Waals surface area (Å²) >= 11 is 0. The van der Waals surface area contributed by atoms with Gasteiger partial charge in [0.05, 0.1) is 25.6 Å². The molecule has 0 bridgehead atoms. The van der Waals surface area contributed by atoms with Gasteiger partial charge in [0.2, 0.25) is 11.8 Å². The fraction of sp³-hybridized carbons (Fsp3) is 0.333. The highest BCUT2D eigenvalue weighted by Crippen LogP contribution is 2.29. The summed E-state index contributed by atoms with van der Waals surface area (Å²) in [4.78, 5) is 12.1. The van der Waals surface area contributed by atoms with E-state index in [2.05, 4.69) is 15.8 Å². The first kappa shape index (κ1) is 15.7. The molecule has 0 aliphatic carbocycles. The molecule has 118 valence electrons. The van der Waals surface area contributed by atoms with E-state index in [-0.39, 0.29) is 5.91 Å². The van der Waals surface area contributed by atoms with Crippen LogP contribution in [0.25, 0.3) is 0 Å². The topological polar surface area (TPSA) is 85.6 Å². The molecule has 1 aromatic heterocycles. The predicted octanol–water partition coefficient (Wildman–Crippen LogP) is 2.44. The van der Waals surface area contributed by atoms with Gasteiger partial charge >= 0.3 is 0 Å². The summed E-state index contributed by atoms with van der Waals surface area (Å²) in [6.45, 7) is 3.52. The number of benzene rings is 1. The summed E-state index contributed by atoms with van der Waals surface area (Å²) in [5.41, 5.74) is 1.40. The maximum atomic E-state index is 12.1. The second-order valence-electron chi connectivity index (χ2n) is 4.75. The van der Waals surface area contributed by atoms with E-state index in [9.17, 15) is 4.79 Å². The Bertz CT molecular complexity index is 654. The molecule has 2 N–H and O–H groups in total. The third-order valence-electron chi connectivity index (χ3n) is 3.05. The molecule has 2 rings (SSSR count). The summed E-state index contributed by atoms with van der Waals surface area (Å²) in [5, 5.41) is 9.45. The number of hydrogen-bond acceptors (Lipinski definition) is 6. The van der Waals surface area contributed by atoms with Crippen LogP contribution in [0.2, 0.25) is 0 Å². The molecule has 0 saturated heterocycles. The van der Waals surface area contributed by atoms with Crippen LogP contribution in [0.3, 0.4) is 0 Å². The van der Waals surface area contributed by atoms with Gasteiger partial charge in [-0.1, -0.05) is 5.16 Å². The van der Waals surface area contributed by atoms with Crippen LogP contribution in [-0.2, 0) is 4.79 Å². The molecular weight excluding hydrogens is 286 g/mol. The van der Waals surface area contributed by atoms with E-state index in [1.165, 1.54) is 0 Å². The van der Waals surface area contributed by atoms with Crippen LogP contribution in [0.1, 0.15) is 12.6 Å². The van der Waals surface area contributed by atoms with Gasteiger partial charge in [-0.3, -0.25) is 10.1 Å². The van der Waals surface area contributed by atoms with Crippen molar-refractivity contribution < 1.29 is 18.8 Å². The zero-order valence-corrected chi connectivity index (χ0v) is 13.0. The van der Waals surface area contributed by atoms with Crippen LogP contribution in [0.15, 0.2) is 28.8 Å². The molecule has 7 nitrogen and oxygen atoms in total. The minimum Gasteiger partial charge on any atom is -0.497 e. The van der Waals surface area contributed by atoms with Crippen LogP contribution in [-0.4, -0.2) is 31.3 Å². The number of hydrogen-bond donors (Lipinski definition) is 2. The molecule has 0 unspecified atom stereocenters. The normalized spacial score (nSPS) is 11.6. The van der Waals surface area contributed by atoms with E-state index in [0.717, 1.165) is 0 Å². The highest BCUT2D eigenvalue weighted by molar-refractivity contribution is 5.95. The second kappa shape index (κ2) is 6.84. The van der Waals surface area contributed by atoms with Gasteiger partial charge in [0.25, 0.3) is 0 Å². The molecule has 2 aromatic rings. The minimum absolute atomic E-state index is 0.242. The summed E-state index contributed by atoms with van der Waals surface area (Å²) in [6.07, 6.45) is 0. The second-order valence-corrected chi connectivity index (χ2v) is 4.75. The van der Waals surface area contributed by atoms with Crippen LogP contribution in [0.5, 0.6) is 11.5 Å². The maximum absolute atomic E-state index is 12.1. The average molecular weight is 305 g/mol. The quantitative estimate of drug-likeness (QED) is 0.852. The van der Waals surface area contributed by atoms with Crippen molar-refractivity contribution in [3.63, 3.8) is 0 Å². The van der Waals surface area contributed by atoms with Crippen molar-refractivity contribution in [2.45, 2.75) is 19.9 Å². The number of methoxy groups -OCH3 is 2. The first-order valence-electron chi connectivity index (χ1n) is 6.76. The molecule has 0 saturated carbocycles. The van der Waals surface area contributed by atoms with Gasteiger partial charge in [0.1, 0.15) is 17.5 Å². The van der Waals surface area contributed by atoms with E-state index in [1.807, 2.05) is 0 Å². The molecule has 0 spiro atoms. The zero-order valence-electron chi connectivity index (χ0n) is 13.0. The molecule has 1 aromatic carbocycles. The number of nitrogens with zero attached hydrogens (tertiary/aromatic N) is 1. The highest BCUT2D eigenvalue weighted by atomic mass is 16.5. The molecular formula is C15H19N3O4. The van der Waals surface area contributed by atoms with Gasteiger partial charge in [0, 0.05) is 12.1 Å². The van der Waals surface area contributed by atoms with E-state index < -0.39 is 6.04 Å². The number of rotatable bonds is 6. The fourth-order valence-electron chi connectivity index (χ4n) is 1.87. The number of ether oxygens (including phenoxy) is 2. The van der Waals surface area contributed by atoms with E-state index >= 15 is 0 Å². The van der Waals surface area contributed by atoms with Crippen molar-refractivity contribution in [2.24, 2.45) is 0 Å². The summed E-state index contributed by atoms with van der Waals surface area (Å²) in [5.74, 6) is 1.35. The van der Waals surface area contributed by atoms with Gasteiger partial charge < -0.3 is 19.3 Å². The van der Waals surface area contributed by atoms with Crippen LogP contribution in [0, 0.1) is 6.92 Å². The molecule has 0 fully saturated rings. The number of carbonyl (C=O) groups is 1. The molecule has 0 aliphatic rings. The first-order chi connectivity index (χ1) is 10.5. The SMILES string of the molecule is COc1ccc(N[C@H](C)C(=O)Nc2cc(C)no2)c(OC)c1. The number of amides is 1. The van der Waals surface area contributed by atoms with Gasteiger partial charge in [-0.25, -0.2) is 0 Å². The van der Waals surface area contributed by atoms with Crippen molar-refractivity contribution in [3.8, 4) is 11.5 Å². The van der Waals surface area contributed by atoms with E-state index in [4.69, 9.17) is 14.0 Å². The molecule has 1 heterocycles. The Balaban J connectivity index is 2.04. The Kier molecular flexibility index (Phi) is 4.88. The smallest absolute Gasteiger partial charge is 0.248 e. The summed E-state index contributed by atoms with van der Waals surface area (Å²) < 4.78 is 15.4. The maximum Gasteiger partial charge on any atom is 0.248 e. The molecule has 0 radical (unpaired) electrons. The number of carbonyl (C=O) groups excluding carboxylic acids is 1. The monoisotopic (exact) mass is 305 g/mol. The number of aryl methyl sites for hydroxylation is 1. The number of anilines is 2. The minimum atomic E-state index is -0.493. The predicted molar refractivity (Wildman–Crippen MR) is 82.5 cm³/mol. The van der Waals surface area contributed by atoms with Crippen LogP contribution < -0.4 is 20.1 Å².